The van der Waals surface area contributed by atoms with E-state index in [-0.39, 0.29) is 148 Å². The van der Waals surface area contributed by atoms with Crippen molar-refractivity contribution in [2.24, 2.45) is 168 Å². The maximum Gasteiger partial charge on any atom is 0.313 e. The molecule has 19 fully saturated rings. The molecule has 0 aliphatic heterocycles. The second kappa shape index (κ2) is 52.9. The largest absolute Gasteiger partial charge is 0.459 e. The minimum atomic E-state index is -0.418. The van der Waals surface area contributed by atoms with Crippen molar-refractivity contribution in [1.29, 1.82) is 0 Å². The van der Waals surface area contributed by atoms with Gasteiger partial charge >= 0.3 is 29.8 Å². The molecule has 19 rings (SSSR count). The van der Waals surface area contributed by atoms with Crippen LogP contribution in [0, 0.1) is 168 Å². The maximum atomic E-state index is 12.9. The molecular formula is C117H232O12. The van der Waals surface area contributed by atoms with Crippen molar-refractivity contribution in [2.75, 3.05) is 0 Å². The zero-order valence-electron chi connectivity index (χ0n) is 84.3. The van der Waals surface area contributed by atoms with Crippen LogP contribution in [0.25, 0.3) is 0 Å². The van der Waals surface area contributed by atoms with E-state index in [9.17, 15) is 24.0 Å². The molecule has 0 amide bonds. The van der Waals surface area contributed by atoms with Crippen LogP contribution in [-0.4, -0.2) is 70.9 Å². The van der Waals surface area contributed by atoms with Gasteiger partial charge in [0.2, 0.25) is 6.29 Å². The lowest BCUT2D eigenvalue weighted by Gasteiger charge is -2.74. The highest BCUT2D eigenvalue weighted by Gasteiger charge is 2.73. The van der Waals surface area contributed by atoms with E-state index in [1.54, 1.807) is 0 Å². The molecule has 19 aliphatic rings. The second-order valence-corrected chi connectivity index (χ2v) is 45.7. The lowest BCUT2D eigenvalue weighted by atomic mass is 9.33. The normalized spacial score (nSPS) is 36.3. The molecule has 21 atom stereocenters. The lowest BCUT2D eigenvalue weighted by Crippen LogP contribution is -2.72. The molecule has 1 spiro atoms. The molecule has 0 radical (unpaired) electrons. The average Bonchev–Trinajstić information content (AvgIpc) is 1.58. The van der Waals surface area contributed by atoms with Crippen molar-refractivity contribution < 1.29 is 57.1 Å². The highest BCUT2D eigenvalue weighted by molar-refractivity contribution is 5.78. The molecule has 0 heterocycles. The Morgan fingerprint density at radius 3 is 1.26 bits per heavy atom. The third-order valence-corrected chi connectivity index (χ3v) is 36.8. The fourth-order valence-corrected chi connectivity index (χ4v) is 29.0. The third kappa shape index (κ3) is 27.3. The predicted molar refractivity (Wildman–Crippen MR) is 558 cm³/mol. The first-order chi connectivity index (χ1) is 55.8. The molecule has 129 heavy (non-hydrogen) atoms. The van der Waals surface area contributed by atoms with Crippen molar-refractivity contribution in [3.63, 3.8) is 0 Å². The fourth-order valence-electron chi connectivity index (χ4n) is 29.0. The summed E-state index contributed by atoms with van der Waals surface area (Å²) < 4.78 is 42.3. The van der Waals surface area contributed by atoms with Crippen molar-refractivity contribution in [2.45, 2.75) is 557 Å². The Morgan fingerprint density at radius 1 is 0.388 bits per heavy atom. The van der Waals surface area contributed by atoms with Gasteiger partial charge in [0.05, 0.1) is 38.8 Å². The van der Waals surface area contributed by atoms with Gasteiger partial charge in [0.25, 0.3) is 0 Å². The molecule has 0 aromatic heterocycles. The van der Waals surface area contributed by atoms with Crippen LogP contribution >= 0.6 is 0 Å². The van der Waals surface area contributed by atoms with E-state index >= 15 is 0 Å². The van der Waals surface area contributed by atoms with Gasteiger partial charge in [0, 0.05) is 17.8 Å². The number of carbonyl (C=O) groups is 5. The first kappa shape index (κ1) is 133. The number of fused-ring (bicyclic) bond motifs is 10. The minimum absolute atomic E-state index is 0. The summed E-state index contributed by atoms with van der Waals surface area (Å²) in [7, 11) is 0. The molecule has 0 saturated heterocycles. The van der Waals surface area contributed by atoms with Crippen molar-refractivity contribution >= 4 is 29.8 Å². The third-order valence-electron chi connectivity index (χ3n) is 36.8. The minimum Gasteiger partial charge on any atom is -0.459 e. The molecule has 12 heteroatoms. The summed E-state index contributed by atoms with van der Waals surface area (Å²) in [6.45, 7) is 72.3. The standard InChI is InChI=1S/C21H32O2.C21H36O2.C20H32O3.C18H30O3.C17H32O2.5C2H6.10CH4/c1-5-20(2,3)19(22)23-21(4)12-9-14-13-6-11-7-16(14)18(21)17(8-11)15(13)10-12;1-8-18(3,4)17(22)23-20(7)11-12-21-13-16(20)19(5,6)15(21)10-9-14(21)2;1-5-20(3,4)19(21)23-11(2)22-16-10-14-9-15(16)18-13-7-6-12(8-13)17(14)18;1-5-17(3,4)16(19)20-12(2)21-18-9-13-6-14(10-18)8-15(7-13)11-18;1-7-13-11-9-10-12-14(13)17(5,6)19-15(18)16(3,4)8-2;5*1-2;;;;;;;;;;/h11-18H,5-10H2,1-4H3;14-16H,8-13H2,1-7H3;11-18H,5-10H2,1-4H3;12-15H,5-11H2,1-4H3;13-14H,7-12H2,1-6H3;5*1-2H3;10*1H4. The number of hydrogen-bond donors (Lipinski definition) is 0. The summed E-state index contributed by atoms with van der Waals surface area (Å²) in [5, 5.41) is 0. The van der Waals surface area contributed by atoms with Crippen LogP contribution < -0.4 is 0 Å². The van der Waals surface area contributed by atoms with Crippen LogP contribution in [0.4, 0.5) is 0 Å². The fraction of sp³-hybridized carbons (Fsp3) is 0.957. The Morgan fingerprint density at radius 2 is 0.798 bits per heavy atom. The molecular weight excluding hydrogens is 1600 g/mol. The van der Waals surface area contributed by atoms with E-state index in [1.165, 1.54) is 161 Å². The van der Waals surface area contributed by atoms with Gasteiger partial charge in [-0.25, -0.2) is 0 Å². The van der Waals surface area contributed by atoms with Gasteiger partial charge in [-0.15, -0.1) is 0 Å². The summed E-state index contributed by atoms with van der Waals surface area (Å²) >= 11 is 0. The van der Waals surface area contributed by atoms with Gasteiger partial charge in [-0.2, -0.15) is 0 Å². The van der Waals surface area contributed by atoms with Gasteiger partial charge in [0.15, 0.2) is 6.29 Å². The van der Waals surface area contributed by atoms with Crippen LogP contribution in [-0.2, 0) is 57.1 Å². The van der Waals surface area contributed by atoms with Crippen LogP contribution in [0.3, 0.4) is 0 Å². The van der Waals surface area contributed by atoms with Crippen LogP contribution in [0.5, 0.6) is 0 Å². The number of carbonyl (C=O) groups excluding carboxylic acids is 5. The smallest absolute Gasteiger partial charge is 0.313 e. The summed E-state index contributed by atoms with van der Waals surface area (Å²) in [5.41, 5.74) is -1.86. The van der Waals surface area contributed by atoms with Crippen molar-refractivity contribution in [3.05, 3.63) is 0 Å². The van der Waals surface area contributed by atoms with Crippen LogP contribution in [0.1, 0.15) is 516 Å². The molecule has 12 nitrogen and oxygen atoms in total. The zero-order valence-corrected chi connectivity index (χ0v) is 84.3. The number of ether oxygens (including phenoxy) is 7. The van der Waals surface area contributed by atoms with E-state index in [0.717, 1.165) is 139 Å². The number of hydrogen-bond acceptors (Lipinski definition) is 12. The zero-order chi connectivity index (χ0) is 89.7. The van der Waals surface area contributed by atoms with E-state index in [4.69, 9.17) is 33.2 Å². The summed E-state index contributed by atoms with van der Waals surface area (Å²) in [4.78, 5) is 62.3. The Kier molecular flexibility index (Phi) is 54.3. The van der Waals surface area contributed by atoms with E-state index in [0.29, 0.717) is 41.1 Å². The SMILES string of the molecule is C.C.C.C.C.C.C.C.C.C.CC.CC.CC.CC.CC.CCC(C)(C)C(=O)OC(C)OC12CC3CC(CC(C3)C1)C2.CCC(C)(C)C(=O)OC(C)OC1CC2CC1C1C3CCC(C3)C21.CCC(C)(C)C(=O)OC1(C)C2CC3C4CC5CC3C1C(C5)C4C2.CCC(C)(C)C(=O)OC1(C)CCC23CC1C(C)(C)C2CCC3C.CCC1CCCCC1C(C)(C)OC(=O)C(C)(C)CC. The van der Waals surface area contributed by atoms with Crippen LogP contribution in [0.2, 0.25) is 0 Å². The van der Waals surface area contributed by atoms with Gasteiger partial charge < -0.3 is 33.2 Å². The number of esters is 5. The van der Waals surface area contributed by atoms with Gasteiger partial charge in [-0.3, -0.25) is 24.0 Å². The Hall–Kier alpha value is -2.73. The molecule has 19 aliphatic carbocycles. The van der Waals surface area contributed by atoms with Gasteiger partial charge in [-0.1, -0.05) is 232 Å². The highest BCUT2D eigenvalue weighted by Crippen LogP contribution is 2.76. The predicted octanol–water partition coefficient (Wildman–Crippen LogP) is 35.4. The monoisotopic (exact) mass is 1830 g/mol. The molecule has 21 unspecified atom stereocenters. The van der Waals surface area contributed by atoms with Gasteiger partial charge in [0.1, 0.15) is 16.8 Å². The average molecular weight is 1830 g/mol. The van der Waals surface area contributed by atoms with Gasteiger partial charge in [-0.05, 0) is 407 Å². The van der Waals surface area contributed by atoms with Crippen LogP contribution in [0.15, 0.2) is 0 Å². The number of rotatable bonds is 21. The first-order valence-corrected chi connectivity index (χ1v) is 51.3. The topological polar surface area (TPSA) is 150 Å². The highest BCUT2D eigenvalue weighted by atomic mass is 16.7. The first-order valence-electron chi connectivity index (χ1n) is 51.3. The maximum absolute atomic E-state index is 12.9. The molecule has 0 aromatic carbocycles. The molecule has 0 aromatic rings. The Balaban J connectivity index is -0.000000726. The van der Waals surface area contributed by atoms with E-state index in [1.807, 2.05) is 173 Å². The molecule has 18 bridgehead atoms. The quantitative estimate of drug-likeness (QED) is 0.0466. The Labute approximate surface area is 807 Å². The Bertz CT molecular complexity index is 3170. The second-order valence-electron chi connectivity index (χ2n) is 45.7. The lowest BCUT2D eigenvalue weighted by molar-refractivity contribution is -0.291. The van der Waals surface area contributed by atoms with Crippen molar-refractivity contribution in [3.8, 4) is 0 Å². The van der Waals surface area contributed by atoms with E-state index < -0.39 is 23.4 Å². The summed E-state index contributed by atoms with van der Waals surface area (Å²) in [5.74, 6) is 18.3. The van der Waals surface area contributed by atoms with E-state index in [2.05, 4.69) is 69.2 Å². The molecule has 0 N–H and O–H groups in total. The molecule has 19 saturated carbocycles. The summed E-state index contributed by atoms with van der Waals surface area (Å²) in [6.07, 6.45) is 38.1. The van der Waals surface area contributed by atoms with Crippen molar-refractivity contribution in [1.82, 2.24) is 0 Å². The molecule has 772 valence electrons. The summed E-state index contributed by atoms with van der Waals surface area (Å²) in [6, 6.07) is 0.